The predicted octanol–water partition coefficient (Wildman–Crippen LogP) is 1.09. The number of halogens is 1. The van der Waals surface area contributed by atoms with E-state index in [2.05, 4.69) is 15.5 Å². The van der Waals surface area contributed by atoms with Crippen LogP contribution >= 0.6 is 0 Å². The van der Waals surface area contributed by atoms with Gasteiger partial charge in [0.15, 0.2) is 0 Å². The lowest BCUT2D eigenvalue weighted by atomic mass is 9.73. The van der Waals surface area contributed by atoms with Crippen molar-refractivity contribution < 1.29 is 18.7 Å². The standard InChI is InChI=1S/C20H26FN3O3/c1-12-7-13(3-4-16(12)21)19(26)23-8-14-15-9-24(10-18(25)22-2)11-20(15)6-5-17(14)27-20/h3-4,7,14-15,17H,5-6,8-11H2,1-2H3,(H,22,25)(H,23,26)/t14-,15+,17+,20+/m0/s1. The summed E-state index contributed by atoms with van der Waals surface area (Å²) in [6, 6.07) is 4.41. The number of hydrogen-bond acceptors (Lipinski definition) is 4. The maximum atomic E-state index is 13.4. The van der Waals surface area contributed by atoms with Crippen molar-refractivity contribution in [3.8, 4) is 0 Å². The second-order valence-electron chi connectivity index (χ2n) is 8.05. The zero-order chi connectivity index (χ0) is 19.2. The van der Waals surface area contributed by atoms with Crippen LogP contribution in [0.15, 0.2) is 18.2 Å². The smallest absolute Gasteiger partial charge is 0.251 e. The molecule has 3 heterocycles. The molecular weight excluding hydrogens is 349 g/mol. The normalized spacial score (nSPS) is 31.7. The van der Waals surface area contributed by atoms with Crippen molar-refractivity contribution in [3.05, 3.63) is 35.1 Å². The molecule has 3 aliphatic rings. The molecule has 27 heavy (non-hydrogen) atoms. The second kappa shape index (κ2) is 6.87. The van der Waals surface area contributed by atoms with E-state index in [0.29, 0.717) is 30.1 Å². The molecule has 0 radical (unpaired) electrons. The number of likely N-dealkylation sites (N-methyl/N-ethyl adjacent to an activating group) is 1. The Kier molecular flexibility index (Phi) is 4.68. The van der Waals surface area contributed by atoms with E-state index in [4.69, 9.17) is 4.74 Å². The van der Waals surface area contributed by atoms with Crippen LogP contribution in [0.25, 0.3) is 0 Å². The zero-order valence-electron chi connectivity index (χ0n) is 15.8. The molecule has 0 aliphatic carbocycles. The van der Waals surface area contributed by atoms with Crippen molar-refractivity contribution in [3.63, 3.8) is 0 Å². The first kappa shape index (κ1) is 18.4. The van der Waals surface area contributed by atoms with Crippen LogP contribution in [0, 0.1) is 24.6 Å². The van der Waals surface area contributed by atoms with E-state index in [-0.39, 0.29) is 35.3 Å². The average molecular weight is 375 g/mol. The fourth-order valence-corrected chi connectivity index (χ4v) is 5.06. The highest BCUT2D eigenvalue weighted by atomic mass is 19.1. The van der Waals surface area contributed by atoms with Crippen LogP contribution in [0.2, 0.25) is 0 Å². The molecule has 3 saturated heterocycles. The van der Waals surface area contributed by atoms with Crippen molar-refractivity contribution in [1.29, 1.82) is 0 Å². The number of nitrogens with one attached hydrogen (secondary N) is 2. The minimum atomic E-state index is -0.308. The van der Waals surface area contributed by atoms with E-state index >= 15 is 0 Å². The minimum Gasteiger partial charge on any atom is -0.370 e. The molecule has 0 aromatic heterocycles. The number of nitrogens with zero attached hydrogens (tertiary/aromatic N) is 1. The SMILES string of the molecule is CNC(=O)CN1C[C@@H]2[C@H](CNC(=O)c3ccc(F)c(C)c3)[C@H]3CC[C@]2(C1)O3. The fourth-order valence-electron chi connectivity index (χ4n) is 5.06. The van der Waals surface area contributed by atoms with Gasteiger partial charge in [-0.15, -0.1) is 0 Å². The van der Waals surface area contributed by atoms with Gasteiger partial charge in [0.2, 0.25) is 5.91 Å². The lowest BCUT2D eigenvalue weighted by Crippen LogP contribution is -2.41. The van der Waals surface area contributed by atoms with Gasteiger partial charge in [-0.2, -0.15) is 0 Å². The molecule has 2 amide bonds. The third-order valence-corrected chi connectivity index (χ3v) is 6.42. The highest BCUT2D eigenvalue weighted by Gasteiger charge is 2.62. The molecular formula is C20H26FN3O3. The van der Waals surface area contributed by atoms with Crippen molar-refractivity contribution in [2.75, 3.05) is 33.2 Å². The van der Waals surface area contributed by atoms with Crippen molar-refractivity contribution in [2.24, 2.45) is 11.8 Å². The van der Waals surface area contributed by atoms with E-state index < -0.39 is 0 Å². The Hall–Kier alpha value is -1.99. The summed E-state index contributed by atoms with van der Waals surface area (Å²) >= 11 is 0. The molecule has 3 fully saturated rings. The summed E-state index contributed by atoms with van der Waals surface area (Å²) < 4.78 is 19.8. The topological polar surface area (TPSA) is 70.7 Å². The van der Waals surface area contributed by atoms with Crippen LogP contribution in [0.3, 0.4) is 0 Å². The number of rotatable bonds is 5. The van der Waals surface area contributed by atoms with E-state index in [1.807, 2.05) is 0 Å². The number of hydrogen-bond donors (Lipinski definition) is 2. The number of fused-ring (bicyclic) bond motifs is 1. The Morgan fingerprint density at radius 3 is 2.96 bits per heavy atom. The summed E-state index contributed by atoms with van der Waals surface area (Å²) in [5.74, 6) is 0.0971. The second-order valence-corrected chi connectivity index (χ2v) is 8.05. The summed E-state index contributed by atoms with van der Waals surface area (Å²) in [6.07, 6.45) is 2.20. The third-order valence-electron chi connectivity index (χ3n) is 6.42. The van der Waals surface area contributed by atoms with Crippen LogP contribution in [0.4, 0.5) is 4.39 Å². The van der Waals surface area contributed by atoms with Gasteiger partial charge in [-0.3, -0.25) is 14.5 Å². The van der Waals surface area contributed by atoms with Gasteiger partial charge in [0.25, 0.3) is 5.91 Å². The number of benzene rings is 1. The molecule has 2 bridgehead atoms. The molecule has 0 unspecified atom stereocenters. The summed E-state index contributed by atoms with van der Waals surface area (Å²) in [7, 11) is 1.65. The first-order chi connectivity index (χ1) is 12.9. The van der Waals surface area contributed by atoms with Crippen molar-refractivity contribution in [2.45, 2.75) is 31.5 Å². The highest BCUT2D eigenvalue weighted by molar-refractivity contribution is 5.94. The van der Waals surface area contributed by atoms with Gasteiger partial charge in [0.05, 0.1) is 18.2 Å². The molecule has 4 atom stereocenters. The van der Waals surface area contributed by atoms with E-state index in [9.17, 15) is 14.0 Å². The fraction of sp³-hybridized carbons (Fsp3) is 0.600. The molecule has 6 nitrogen and oxygen atoms in total. The van der Waals surface area contributed by atoms with Crippen LogP contribution in [0.5, 0.6) is 0 Å². The van der Waals surface area contributed by atoms with Gasteiger partial charge >= 0.3 is 0 Å². The molecule has 2 N–H and O–H groups in total. The third kappa shape index (κ3) is 3.23. The first-order valence-electron chi connectivity index (χ1n) is 9.57. The van der Waals surface area contributed by atoms with Gasteiger partial charge in [0.1, 0.15) is 5.82 Å². The molecule has 4 rings (SSSR count). The summed E-state index contributed by atoms with van der Waals surface area (Å²) in [5.41, 5.74) is 0.770. The van der Waals surface area contributed by atoms with E-state index in [0.717, 1.165) is 25.9 Å². The maximum absolute atomic E-state index is 13.4. The Labute approximate surface area is 158 Å². The van der Waals surface area contributed by atoms with Crippen molar-refractivity contribution >= 4 is 11.8 Å². The summed E-state index contributed by atoms with van der Waals surface area (Å²) in [5, 5.41) is 5.68. The predicted molar refractivity (Wildman–Crippen MR) is 97.8 cm³/mol. The summed E-state index contributed by atoms with van der Waals surface area (Å²) in [6.45, 7) is 4.18. The van der Waals surface area contributed by atoms with E-state index in [1.54, 1.807) is 20.0 Å². The van der Waals surface area contributed by atoms with E-state index in [1.165, 1.54) is 12.1 Å². The molecule has 7 heteroatoms. The number of likely N-dealkylation sites (tertiary alicyclic amines) is 1. The molecule has 146 valence electrons. The number of ether oxygens (including phenoxy) is 1. The van der Waals surface area contributed by atoms with Crippen LogP contribution in [-0.4, -0.2) is 61.6 Å². The first-order valence-corrected chi connectivity index (χ1v) is 9.57. The maximum Gasteiger partial charge on any atom is 0.251 e. The number of amides is 2. The Morgan fingerprint density at radius 1 is 1.41 bits per heavy atom. The minimum absolute atomic E-state index is 0.0115. The zero-order valence-corrected chi connectivity index (χ0v) is 15.8. The summed E-state index contributed by atoms with van der Waals surface area (Å²) in [4.78, 5) is 26.3. The monoisotopic (exact) mass is 375 g/mol. The van der Waals surface area contributed by atoms with Crippen molar-refractivity contribution in [1.82, 2.24) is 15.5 Å². The van der Waals surface area contributed by atoms with Gasteiger partial charge in [-0.1, -0.05) is 0 Å². The molecule has 1 aromatic rings. The van der Waals surface area contributed by atoms with Gasteiger partial charge in [0, 0.05) is 44.1 Å². The number of aryl methyl sites for hydroxylation is 1. The van der Waals surface area contributed by atoms with Gasteiger partial charge in [-0.25, -0.2) is 4.39 Å². The highest BCUT2D eigenvalue weighted by Crippen LogP contribution is 2.54. The van der Waals surface area contributed by atoms with Crippen LogP contribution < -0.4 is 10.6 Å². The largest absolute Gasteiger partial charge is 0.370 e. The lowest BCUT2D eigenvalue weighted by Gasteiger charge is -2.29. The average Bonchev–Trinajstić information content (AvgIpc) is 3.29. The number of carbonyl (C=O) groups excluding carboxylic acids is 2. The quantitative estimate of drug-likeness (QED) is 0.808. The van der Waals surface area contributed by atoms with Crippen LogP contribution in [0.1, 0.15) is 28.8 Å². The molecule has 0 saturated carbocycles. The molecule has 1 spiro atoms. The Balaban J connectivity index is 1.40. The van der Waals surface area contributed by atoms with Crippen LogP contribution in [-0.2, 0) is 9.53 Å². The van der Waals surface area contributed by atoms with Gasteiger partial charge < -0.3 is 15.4 Å². The lowest BCUT2D eigenvalue weighted by molar-refractivity contribution is -0.121. The van der Waals surface area contributed by atoms with Gasteiger partial charge in [-0.05, 0) is 43.5 Å². The molecule has 3 aliphatic heterocycles. The Bertz CT molecular complexity index is 771. The number of carbonyl (C=O) groups is 2. The Morgan fingerprint density at radius 2 is 2.22 bits per heavy atom. The molecule has 1 aromatic carbocycles.